The highest BCUT2D eigenvalue weighted by molar-refractivity contribution is 6.30. The summed E-state index contributed by atoms with van der Waals surface area (Å²) in [5, 5.41) is 15.0. The van der Waals surface area contributed by atoms with Gasteiger partial charge in [-0.3, -0.25) is 4.68 Å². The number of nitrogens with zero attached hydrogens (tertiary/aromatic N) is 5. The summed E-state index contributed by atoms with van der Waals surface area (Å²) in [5.74, 6) is 1.40. The smallest absolute Gasteiger partial charge is 0.144 e. The Morgan fingerprint density at radius 1 is 1.29 bits per heavy atom. The first-order valence-corrected chi connectivity index (χ1v) is 8.51. The van der Waals surface area contributed by atoms with E-state index in [0.717, 1.165) is 42.8 Å². The molecule has 24 heavy (non-hydrogen) atoms. The molecule has 0 atom stereocenters. The van der Waals surface area contributed by atoms with Crippen molar-refractivity contribution in [3.8, 4) is 0 Å². The number of hydrogen-bond donors (Lipinski definition) is 2. The highest BCUT2D eigenvalue weighted by Crippen LogP contribution is 2.32. The molecule has 3 aromatic heterocycles. The van der Waals surface area contributed by atoms with Gasteiger partial charge in [-0.25, -0.2) is 9.97 Å². The topological polar surface area (TPSA) is 82.9 Å². The summed E-state index contributed by atoms with van der Waals surface area (Å²) in [6.45, 7) is 2.51. The third-order valence-electron chi connectivity index (χ3n) is 4.65. The van der Waals surface area contributed by atoms with Crippen molar-refractivity contribution in [3.05, 3.63) is 35.5 Å². The van der Waals surface area contributed by atoms with Gasteiger partial charge in [0.15, 0.2) is 0 Å². The predicted octanol–water partition coefficient (Wildman–Crippen LogP) is 2.18. The van der Waals surface area contributed by atoms with Gasteiger partial charge in [-0.15, -0.1) is 0 Å². The molecule has 1 fully saturated rings. The number of H-pyrrole nitrogens is 1. The van der Waals surface area contributed by atoms with Gasteiger partial charge in [0.25, 0.3) is 0 Å². The van der Waals surface area contributed by atoms with Gasteiger partial charge >= 0.3 is 0 Å². The standard InChI is InChI=1S/C16H19ClN6O/c17-14-9-12-15(21-14)18-10-19-16(12)22-5-2-11(3-6-22)13-1-4-20-23(13)7-8-24/h1,4,9-11,24H,2-3,5-8H2,(H,18,19,21). The Morgan fingerprint density at radius 2 is 2.12 bits per heavy atom. The third kappa shape index (κ3) is 2.74. The van der Waals surface area contributed by atoms with Gasteiger partial charge < -0.3 is 15.0 Å². The molecule has 0 unspecified atom stereocenters. The van der Waals surface area contributed by atoms with Gasteiger partial charge in [0.05, 0.1) is 18.5 Å². The summed E-state index contributed by atoms with van der Waals surface area (Å²) in [6.07, 6.45) is 5.45. The summed E-state index contributed by atoms with van der Waals surface area (Å²) in [4.78, 5) is 14.0. The minimum Gasteiger partial charge on any atom is -0.394 e. The molecule has 0 aliphatic carbocycles. The lowest BCUT2D eigenvalue weighted by atomic mass is 9.93. The van der Waals surface area contributed by atoms with Gasteiger partial charge in [-0.2, -0.15) is 5.10 Å². The van der Waals surface area contributed by atoms with Crippen LogP contribution in [0.25, 0.3) is 11.0 Å². The number of piperidine rings is 1. The van der Waals surface area contributed by atoms with Crippen LogP contribution in [0.15, 0.2) is 24.7 Å². The highest BCUT2D eigenvalue weighted by atomic mass is 35.5. The molecule has 3 aromatic rings. The molecular weight excluding hydrogens is 328 g/mol. The molecule has 0 spiro atoms. The van der Waals surface area contributed by atoms with Crippen LogP contribution in [0.5, 0.6) is 0 Å². The van der Waals surface area contributed by atoms with Crippen LogP contribution in [0.4, 0.5) is 5.82 Å². The molecule has 1 aliphatic rings. The molecule has 7 nitrogen and oxygen atoms in total. The van der Waals surface area contributed by atoms with E-state index in [0.29, 0.717) is 17.6 Å². The Bertz CT molecular complexity index is 836. The predicted molar refractivity (Wildman–Crippen MR) is 92.4 cm³/mol. The van der Waals surface area contributed by atoms with Gasteiger partial charge in [0.2, 0.25) is 0 Å². The number of hydrogen-bond acceptors (Lipinski definition) is 5. The largest absolute Gasteiger partial charge is 0.394 e. The van der Waals surface area contributed by atoms with E-state index in [2.05, 4.69) is 31.0 Å². The number of aromatic nitrogens is 5. The van der Waals surface area contributed by atoms with Crippen molar-refractivity contribution in [2.45, 2.75) is 25.3 Å². The number of aliphatic hydroxyl groups is 1. The maximum Gasteiger partial charge on any atom is 0.144 e. The van der Waals surface area contributed by atoms with Crippen LogP contribution in [-0.4, -0.2) is 49.5 Å². The second-order valence-electron chi connectivity index (χ2n) is 6.04. The molecule has 1 aliphatic heterocycles. The lowest BCUT2D eigenvalue weighted by Crippen LogP contribution is -2.34. The van der Waals surface area contributed by atoms with E-state index in [1.54, 1.807) is 6.33 Å². The first-order valence-electron chi connectivity index (χ1n) is 8.13. The summed E-state index contributed by atoms with van der Waals surface area (Å²) in [7, 11) is 0. The first-order chi connectivity index (χ1) is 11.8. The first kappa shape index (κ1) is 15.4. The van der Waals surface area contributed by atoms with Crippen LogP contribution in [0.2, 0.25) is 5.15 Å². The maximum atomic E-state index is 9.16. The van der Waals surface area contributed by atoms with E-state index in [9.17, 15) is 0 Å². The maximum absolute atomic E-state index is 9.16. The number of fused-ring (bicyclic) bond motifs is 1. The van der Waals surface area contributed by atoms with E-state index in [1.165, 1.54) is 5.69 Å². The molecular formula is C16H19ClN6O. The van der Waals surface area contributed by atoms with Crippen molar-refractivity contribution >= 4 is 28.5 Å². The Hall–Kier alpha value is -2.12. The summed E-state index contributed by atoms with van der Waals surface area (Å²) in [6, 6.07) is 3.94. The number of aliphatic hydroxyl groups excluding tert-OH is 1. The van der Waals surface area contributed by atoms with Gasteiger partial charge in [-0.05, 0) is 25.0 Å². The number of aromatic amines is 1. The quantitative estimate of drug-likeness (QED) is 0.756. The monoisotopic (exact) mass is 346 g/mol. The zero-order valence-corrected chi connectivity index (χ0v) is 13.9. The molecule has 8 heteroatoms. The highest BCUT2D eigenvalue weighted by Gasteiger charge is 2.25. The molecule has 0 bridgehead atoms. The zero-order chi connectivity index (χ0) is 16.5. The lowest BCUT2D eigenvalue weighted by molar-refractivity contribution is 0.265. The van der Waals surface area contributed by atoms with Crippen LogP contribution >= 0.6 is 11.6 Å². The summed E-state index contributed by atoms with van der Waals surface area (Å²) < 4.78 is 1.91. The molecule has 0 aromatic carbocycles. The minimum atomic E-state index is 0.112. The molecule has 0 saturated carbocycles. The summed E-state index contributed by atoms with van der Waals surface area (Å²) in [5.41, 5.74) is 1.98. The fourth-order valence-electron chi connectivity index (χ4n) is 3.51. The van der Waals surface area contributed by atoms with Crippen LogP contribution in [-0.2, 0) is 6.54 Å². The minimum absolute atomic E-state index is 0.112. The van der Waals surface area contributed by atoms with Crippen molar-refractivity contribution in [2.24, 2.45) is 0 Å². The van der Waals surface area contributed by atoms with Crippen molar-refractivity contribution < 1.29 is 5.11 Å². The normalized spacial score (nSPS) is 16.2. The zero-order valence-electron chi connectivity index (χ0n) is 13.2. The van der Waals surface area contributed by atoms with E-state index >= 15 is 0 Å². The van der Waals surface area contributed by atoms with Gasteiger partial charge in [0, 0.05) is 30.9 Å². The fourth-order valence-corrected chi connectivity index (χ4v) is 3.70. The average Bonchev–Trinajstić information content (AvgIpc) is 3.20. The Kier molecular flexibility index (Phi) is 4.12. The molecule has 126 valence electrons. The van der Waals surface area contributed by atoms with Crippen LogP contribution in [0, 0.1) is 0 Å². The second-order valence-corrected chi connectivity index (χ2v) is 6.45. The van der Waals surface area contributed by atoms with Gasteiger partial charge in [0.1, 0.15) is 22.9 Å². The van der Waals surface area contributed by atoms with Crippen LogP contribution < -0.4 is 4.90 Å². The second kappa shape index (κ2) is 6.41. The van der Waals surface area contributed by atoms with Crippen molar-refractivity contribution in [3.63, 3.8) is 0 Å². The Labute approximate surface area is 144 Å². The molecule has 4 rings (SSSR count). The van der Waals surface area contributed by atoms with Crippen molar-refractivity contribution in [2.75, 3.05) is 24.6 Å². The van der Waals surface area contributed by atoms with E-state index in [-0.39, 0.29) is 6.61 Å². The van der Waals surface area contributed by atoms with E-state index in [1.807, 2.05) is 16.9 Å². The molecule has 1 saturated heterocycles. The van der Waals surface area contributed by atoms with Crippen LogP contribution in [0.3, 0.4) is 0 Å². The van der Waals surface area contributed by atoms with E-state index < -0.39 is 0 Å². The Balaban J connectivity index is 1.52. The SMILES string of the molecule is OCCn1nccc1C1CCN(c2ncnc3[nH]c(Cl)cc23)CC1. The summed E-state index contributed by atoms with van der Waals surface area (Å²) >= 11 is 6.06. The average molecular weight is 347 g/mol. The third-order valence-corrected chi connectivity index (χ3v) is 4.85. The molecule has 0 radical (unpaired) electrons. The molecule has 4 heterocycles. The lowest BCUT2D eigenvalue weighted by Gasteiger charge is -2.33. The van der Waals surface area contributed by atoms with Crippen molar-refractivity contribution in [1.82, 2.24) is 24.7 Å². The Morgan fingerprint density at radius 3 is 2.92 bits per heavy atom. The van der Waals surface area contributed by atoms with Crippen molar-refractivity contribution in [1.29, 1.82) is 0 Å². The van der Waals surface area contributed by atoms with Crippen LogP contribution in [0.1, 0.15) is 24.5 Å². The fraction of sp³-hybridized carbons (Fsp3) is 0.438. The number of anilines is 1. The van der Waals surface area contributed by atoms with Gasteiger partial charge in [-0.1, -0.05) is 11.6 Å². The number of halogens is 1. The van der Waals surface area contributed by atoms with E-state index in [4.69, 9.17) is 16.7 Å². The molecule has 0 amide bonds. The number of nitrogens with one attached hydrogen (secondary N) is 1. The molecule has 2 N–H and O–H groups in total. The number of rotatable bonds is 4.